The van der Waals surface area contributed by atoms with Gasteiger partial charge in [0.2, 0.25) is 0 Å². The first-order valence-electron chi connectivity index (χ1n) is 4.99. The van der Waals surface area contributed by atoms with Gasteiger partial charge in [-0.3, -0.25) is 0 Å². The van der Waals surface area contributed by atoms with Crippen LogP contribution < -0.4 is 4.90 Å². The number of nitrogens with zero attached hydrogens (tertiary/aromatic N) is 2. The molecule has 2 aromatic rings. The van der Waals surface area contributed by atoms with E-state index >= 15 is 0 Å². The van der Waals surface area contributed by atoms with E-state index in [1.165, 1.54) is 16.6 Å². The predicted octanol–water partition coefficient (Wildman–Crippen LogP) is 2.73. The first-order valence-corrected chi connectivity index (χ1v) is 4.99. The minimum absolute atomic E-state index is 1.03. The second kappa shape index (κ2) is 3.37. The Labute approximate surface area is 84.8 Å². The number of hydrogen-bond acceptors (Lipinski definition) is 1. The molecule has 0 atom stereocenters. The average Bonchev–Trinajstić information content (AvgIpc) is 2.59. The highest BCUT2D eigenvalue weighted by atomic mass is 15.1. The van der Waals surface area contributed by atoms with Gasteiger partial charge in [0.05, 0.1) is 5.52 Å². The van der Waals surface area contributed by atoms with E-state index in [0.29, 0.717) is 0 Å². The van der Waals surface area contributed by atoms with Gasteiger partial charge in [-0.2, -0.15) is 0 Å². The molecule has 74 valence electrons. The van der Waals surface area contributed by atoms with Crippen molar-refractivity contribution in [3.05, 3.63) is 30.5 Å². The third-order valence-corrected chi connectivity index (χ3v) is 2.61. The van der Waals surface area contributed by atoms with Crippen molar-refractivity contribution in [1.29, 1.82) is 0 Å². The lowest BCUT2D eigenvalue weighted by atomic mass is 10.2. The second-order valence-electron chi connectivity index (χ2n) is 3.71. The van der Waals surface area contributed by atoms with Gasteiger partial charge in [-0.25, -0.2) is 0 Å². The van der Waals surface area contributed by atoms with Gasteiger partial charge in [0.1, 0.15) is 0 Å². The summed E-state index contributed by atoms with van der Waals surface area (Å²) in [6.07, 6.45) is 2.15. The lowest BCUT2D eigenvalue weighted by molar-refractivity contribution is 0.797. The van der Waals surface area contributed by atoms with Crippen LogP contribution in [0.1, 0.15) is 6.92 Å². The molecule has 0 saturated carbocycles. The Morgan fingerprint density at radius 2 is 2.00 bits per heavy atom. The molecule has 0 amide bonds. The molecule has 2 rings (SSSR count). The largest absolute Gasteiger partial charge is 0.377 e. The maximum absolute atomic E-state index is 2.27. The summed E-state index contributed by atoms with van der Waals surface area (Å²) in [7, 11) is 4.16. The van der Waals surface area contributed by atoms with E-state index in [0.717, 1.165) is 6.54 Å². The van der Waals surface area contributed by atoms with Crippen LogP contribution in [-0.4, -0.2) is 18.7 Å². The monoisotopic (exact) mass is 188 g/mol. The summed E-state index contributed by atoms with van der Waals surface area (Å²) in [6.45, 7) is 3.20. The minimum atomic E-state index is 1.03. The van der Waals surface area contributed by atoms with Gasteiger partial charge >= 0.3 is 0 Å². The Bertz CT molecular complexity index is 441. The molecule has 1 aromatic carbocycles. The van der Waals surface area contributed by atoms with E-state index < -0.39 is 0 Å². The maximum atomic E-state index is 2.27. The average molecular weight is 188 g/mol. The molecule has 0 aliphatic heterocycles. The molecule has 2 nitrogen and oxygen atoms in total. The predicted molar refractivity (Wildman–Crippen MR) is 61.9 cm³/mol. The van der Waals surface area contributed by atoms with Crippen molar-refractivity contribution in [2.45, 2.75) is 13.5 Å². The molecule has 0 N–H and O–H groups in total. The van der Waals surface area contributed by atoms with Gasteiger partial charge in [0, 0.05) is 37.9 Å². The third-order valence-electron chi connectivity index (χ3n) is 2.61. The van der Waals surface area contributed by atoms with E-state index in [1.807, 2.05) is 0 Å². The summed E-state index contributed by atoms with van der Waals surface area (Å²) in [4.78, 5) is 2.16. The zero-order valence-corrected chi connectivity index (χ0v) is 8.99. The smallest absolute Gasteiger partial charge is 0.0501 e. The molecule has 0 spiro atoms. The molecule has 14 heavy (non-hydrogen) atoms. The van der Waals surface area contributed by atoms with Crippen molar-refractivity contribution in [2.75, 3.05) is 19.0 Å². The van der Waals surface area contributed by atoms with E-state index in [-0.39, 0.29) is 0 Å². The van der Waals surface area contributed by atoms with Gasteiger partial charge in [-0.15, -0.1) is 0 Å². The topological polar surface area (TPSA) is 8.17 Å². The summed E-state index contributed by atoms with van der Waals surface area (Å²) in [6, 6.07) is 8.63. The number of hydrogen-bond donors (Lipinski definition) is 0. The van der Waals surface area contributed by atoms with Crippen molar-refractivity contribution in [2.24, 2.45) is 0 Å². The Morgan fingerprint density at radius 3 is 2.64 bits per heavy atom. The Balaban J connectivity index is 2.70. The zero-order valence-electron chi connectivity index (χ0n) is 8.99. The molecule has 1 heterocycles. The van der Waals surface area contributed by atoms with E-state index in [9.17, 15) is 0 Å². The van der Waals surface area contributed by atoms with Crippen molar-refractivity contribution in [3.63, 3.8) is 0 Å². The molecule has 0 fully saturated rings. The molecule has 0 radical (unpaired) electrons. The summed E-state index contributed by atoms with van der Waals surface area (Å²) < 4.78 is 2.27. The molecular formula is C12H16N2. The van der Waals surface area contributed by atoms with Gasteiger partial charge < -0.3 is 9.47 Å². The van der Waals surface area contributed by atoms with E-state index in [4.69, 9.17) is 0 Å². The lowest BCUT2D eigenvalue weighted by Crippen LogP contribution is -2.08. The van der Waals surface area contributed by atoms with Crippen LogP contribution in [0.5, 0.6) is 0 Å². The quantitative estimate of drug-likeness (QED) is 0.703. The van der Waals surface area contributed by atoms with Gasteiger partial charge in [-0.1, -0.05) is 6.07 Å². The summed E-state index contributed by atoms with van der Waals surface area (Å²) in [5.41, 5.74) is 2.61. The lowest BCUT2D eigenvalue weighted by Gasteiger charge is -2.13. The number of fused-ring (bicyclic) bond motifs is 1. The highest BCUT2D eigenvalue weighted by Crippen LogP contribution is 2.26. The van der Waals surface area contributed by atoms with Gasteiger partial charge in [0.15, 0.2) is 0 Å². The zero-order chi connectivity index (χ0) is 10.1. The highest BCUT2D eigenvalue weighted by Gasteiger charge is 2.04. The fourth-order valence-corrected chi connectivity index (χ4v) is 1.87. The molecule has 0 saturated heterocycles. The Hall–Kier alpha value is -1.44. The normalized spacial score (nSPS) is 10.8. The van der Waals surface area contributed by atoms with Gasteiger partial charge in [-0.05, 0) is 25.1 Å². The van der Waals surface area contributed by atoms with Crippen molar-refractivity contribution >= 4 is 16.6 Å². The minimum Gasteiger partial charge on any atom is -0.377 e. The van der Waals surface area contributed by atoms with Crippen molar-refractivity contribution in [1.82, 2.24) is 4.57 Å². The van der Waals surface area contributed by atoms with Crippen LogP contribution in [0.15, 0.2) is 30.5 Å². The summed E-state index contributed by atoms with van der Waals surface area (Å²) in [5, 5.41) is 1.33. The molecule has 0 bridgehead atoms. The van der Waals surface area contributed by atoms with Crippen LogP contribution >= 0.6 is 0 Å². The Kier molecular flexibility index (Phi) is 2.20. The highest BCUT2D eigenvalue weighted by molar-refractivity contribution is 5.92. The number of benzene rings is 1. The maximum Gasteiger partial charge on any atom is 0.0501 e. The standard InChI is InChI=1S/C12H16N2/c1-4-14-9-8-10-11(13(2)3)6-5-7-12(10)14/h5-9H,4H2,1-3H3. The number of rotatable bonds is 2. The van der Waals surface area contributed by atoms with Crippen LogP contribution in [0.4, 0.5) is 5.69 Å². The van der Waals surface area contributed by atoms with Crippen LogP contribution in [0, 0.1) is 0 Å². The first-order chi connectivity index (χ1) is 6.74. The van der Waals surface area contributed by atoms with E-state index in [2.05, 4.69) is 60.9 Å². The number of anilines is 1. The van der Waals surface area contributed by atoms with Crippen molar-refractivity contribution in [3.8, 4) is 0 Å². The molecular weight excluding hydrogens is 172 g/mol. The third kappa shape index (κ3) is 1.27. The van der Waals surface area contributed by atoms with Crippen molar-refractivity contribution < 1.29 is 0 Å². The fourth-order valence-electron chi connectivity index (χ4n) is 1.87. The summed E-state index contributed by atoms with van der Waals surface area (Å²) >= 11 is 0. The molecule has 0 aliphatic rings. The van der Waals surface area contributed by atoms with Crippen LogP contribution in [-0.2, 0) is 6.54 Å². The molecule has 2 heteroatoms. The number of aryl methyl sites for hydroxylation is 1. The van der Waals surface area contributed by atoms with Gasteiger partial charge in [0.25, 0.3) is 0 Å². The second-order valence-corrected chi connectivity index (χ2v) is 3.71. The van der Waals surface area contributed by atoms with E-state index in [1.54, 1.807) is 0 Å². The SMILES string of the molecule is CCn1ccc2c(N(C)C)cccc21. The van der Waals surface area contributed by atoms with Crippen LogP contribution in [0.2, 0.25) is 0 Å². The summed E-state index contributed by atoms with van der Waals surface area (Å²) in [5.74, 6) is 0. The molecule has 1 aromatic heterocycles. The van der Waals surface area contributed by atoms with Crippen LogP contribution in [0.25, 0.3) is 10.9 Å². The Morgan fingerprint density at radius 1 is 1.21 bits per heavy atom. The first kappa shape index (κ1) is 9.13. The van der Waals surface area contributed by atoms with Crippen LogP contribution in [0.3, 0.4) is 0 Å². The fraction of sp³-hybridized carbons (Fsp3) is 0.333. The molecule has 0 unspecified atom stereocenters. The molecule has 0 aliphatic carbocycles. The number of aromatic nitrogens is 1.